The van der Waals surface area contributed by atoms with Crippen molar-refractivity contribution in [3.8, 4) is 0 Å². The molecule has 0 heterocycles. The molecule has 4 atom stereocenters. The first-order valence-electron chi connectivity index (χ1n) is 4.58. The molecule has 1 nitrogen and oxygen atoms in total. The van der Waals surface area contributed by atoms with E-state index in [4.69, 9.17) is 5.73 Å². The predicted molar refractivity (Wildman–Crippen MR) is 42.6 cm³/mol. The summed E-state index contributed by atoms with van der Waals surface area (Å²) in [6, 6.07) is 0.559. The maximum atomic E-state index is 6.07. The molecule has 2 rings (SSSR count). The van der Waals surface area contributed by atoms with Crippen LogP contribution in [0.15, 0.2) is 0 Å². The standard InChI is InChI=1S/C9H17N/c1-2-8-6-3-4-7(5-6)9(8)10/h6-9H,2-5,10H2,1H3/t6-,7+,8+,9+/m0/s1. The molecular formula is C9H17N. The first kappa shape index (κ1) is 6.66. The lowest BCUT2D eigenvalue weighted by Crippen LogP contribution is -2.35. The molecule has 0 radical (unpaired) electrons. The SMILES string of the molecule is CC[C@@H]1[C@H]2CC[C@H](C2)[C@H]1N. The smallest absolute Gasteiger partial charge is 0.00982 e. The Balaban J connectivity index is 2.10. The zero-order valence-electron chi connectivity index (χ0n) is 6.72. The highest BCUT2D eigenvalue weighted by Crippen LogP contribution is 2.48. The summed E-state index contributed by atoms with van der Waals surface area (Å²) in [5, 5.41) is 0. The quantitative estimate of drug-likeness (QED) is 0.588. The van der Waals surface area contributed by atoms with E-state index in [0.717, 1.165) is 17.8 Å². The molecule has 0 unspecified atom stereocenters. The predicted octanol–water partition coefficient (Wildman–Crippen LogP) is 1.77. The lowest BCUT2D eigenvalue weighted by molar-refractivity contribution is 0.281. The van der Waals surface area contributed by atoms with E-state index in [9.17, 15) is 0 Å². The first-order chi connectivity index (χ1) is 4.83. The number of hydrogen-bond acceptors (Lipinski definition) is 1. The highest BCUT2D eigenvalue weighted by atomic mass is 14.7. The average Bonchev–Trinajstić information content (AvgIpc) is 2.46. The van der Waals surface area contributed by atoms with Crippen LogP contribution in [-0.2, 0) is 0 Å². The number of rotatable bonds is 1. The van der Waals surface area contributed by atoms with Crippen LogP contribution in [0.1, 0.15) is 32.6 Å². The maximum Gasteiger partial charge on any atom is 0.00982 e. The fraction of sp³-hybridized carbons (Fsp3) is 1.00. The molecule has 2 bridgehead atoms. The Labute approximate surface area is 63.0 Å². The zero-order valence-corrected chi connectivity index (χ0v) is 6.72. The fourth-order valence-corrected chi connectivity index (χ4v) is 3.06. The second-order valence-corrected chi connectivity index (χ2v) is 3.98. The molecular weight excluding hydrogens is 122 g/mol. The topological polar surface area (TPSA) is 26.0 Å². The van der Waals surface area contributed by atoms with Crippen LogP contribution < -0.4 is 5.73 Å². The van der Waals surface area contributed by atoms with Crippen LogP contribution in [0.5, 0.6) is 0 Å². The summed E-state index contributed by atoms with van der Waals surface area (Å²) in [5.74, 6) is 2.78. The molecule has 0 aromatic rings. The summed E-state index contributed by atoms with van der Waals surface area (Å²) in [6.45, 7) is 2.28. The van der Waals surface area contributed by atoms with Crippen molar-refractivity contribution in [1.29, 1.82) is 0 Å². The van der Waals surface area contributed by atoms with Crippen molar-refractivity contribution in [3.05, 3.63) is 0 Å². The minimum absolute atomic E-state index is 0.559. The van der Waals surface area contributed by atoms with Crippen LogP contribution in [0, 0.1) is 17.8 Å². The molecule has 0 amide bonds. The van der Waals surface area contributed by atoms with Crippen molar-refractivity contribution in [1.82, 2.24) is 0 Å². The van der Waals surface area contributed by atoms with Gasteiger partial charge in [-0.15, -0.1) is 0 Å². The Hall–Kier alpha value is -0.0400. The van der Waals surface area contributed by atoms with E-state index in [1.54, 1.807) is 0 Å². The van der Waals surface area contributed by atoms with E-state index in [1.165, 1.54) is 25.7 Å². The molecule has 0 saturated heterocycles. The number of fused-ring (bicyclic) bond motifs is 2. The normalized spacial score (nSPS) is 52.2. The lowest BCUT2D eigenvalue weighted by Gasteiger charge is -2.26. The van der Waals surface area contributed by atoms with Crippen molar-refractivity contribution in [2.45, 2.75) is 38.6 Å². The monoisotopic (exact) mass is 139 g/mol. The van der Waals surface area contributed by atoms with Gasteiger partial charge in [-0.05, 0) is 37.0 Å². The minimum atomic E-state index is 0.559. The first-order valence-corrected chi connectivity index (χ1v) is 4.58. The van der Waals surface area contributed by atoms with Crippen LogP contribution in [0.3, 0.4) is 0 Å². The summed E-state index contributed by atoms with van der Waals surface area (Å²) in [5.41, 5.74) is 6.07. The lowest BCUT2D eigenvalue weighted by atomic mass is 9.83. The highest BCUT2D eigenvalue weighted by molar-refractivity contribution is 4.98. The summed E-state index contributed by atoms with van der Waals surface area (Å²) < 4.78 is 0. The Morgan fingerprint density at radius 1 is 1.30 bits per heavy atom. The molecule has 2 saturated carbocycles. The molecule has 0 aromatic heterocycles. The second-order valence-electron chi connectivity index (χ2n) is 3.98. The van der Waals surface area contributed by atoms with Gasteiger partial charge in [-0.2, -0.15) is 0 Å². The molecule has 0 spiro atoms. The van der Waals surface area contributed by atoms with Crippen molar-refractivity contribution in [2.75, 3.05) is 0 Å². The molecule has 2 N–H and O–H groups in total. The second kappa shape index (κ2) is 2.23. The van der Waals surface area contributed by atoms with E-state index in [0.29, 0.717) is 6.04 Å². The average molecular weight is 139 g/mol. The Morgan fingerprint density at radius 3 is 2.40 bits per heavy atom. The molecule has 0 aromatic carbocycles. The summed E-state index contributed by atoms with van der Waals surface area (Å²) in [7, 11) is 0. The van der Waals surface area contributed by atoms with Gasteiger partial charge in [0, 0.05) is 6.04 Å². The molecule has 58 valence electrons. The summed E-state index contributed by atoms with van der Waals surface area (Å²) in [4.78, 5) is 0. The van der Waals surface area contributed by atoms with Crippen molar-refractivity contribution >= 4 is 0 Å². The van der Waals surface area contributed by atoms with Crippen LogP contribution in [-0.4, -0.2) is 6.04 Å². The Bertz CT molecular complexity index is 131. The van der Waals surface area contributed by atoms with Crippen molar-refractivity contribution < 1.29 is 0 Å². The third-order valence-electron chi connectivity index (χ3n) is 3.63. The largest absolute Gasteiger partial charge is 0.327 e. The third kappa shape index (κ3) is 0.731. The van der Waals surface area contributed by atoms with E-state index >= 15 is 0 Å². The van der Waals surface area contributed by atoms with Gasteiger partial charge in [-0.1, -0.05) is 13.3 Å². The number of nitrogens with two attached hydrogens (primary N) is 1. The van der Waals surface area contributed by atoms with Crippen LogP contribution in [0.4, 0.5) is 0 Å². The van der Waals surface area contributed by atoms with E-state index in [1.807, 2.05) is 0 Å². The van der Waals surface area contributed by atoms with Gasteiger partial charge in [0.2, 0.25) is 0 Å². The molecule has 2 aliphatic rings. The molecule has 2 aliphatic carbocycles. The fourth-order valence-electron chi connectivity index (χ4n) is 3.06. The van der Waals surface area contributed by atoms with Gasteiger partial charge in [-0.25, -0.2) is 0 Å². The Kier molecular flexibility index (Phi) is 1.48. The van der Waals surface area contributed by atoms with E-state index < -0.39 is 0 Å². The van der Waals surface area contributed by atoms with Gasteiger partial charge in [0.25, 0.3) is 0 Å². The minimum Gasteiger partial charge on any atom is -0.327 e. The van der Waals surface area contributed by atoms with Crippen LogP contribution in [0.2, 0.25) is 0 Å². The Morgan fingerprint density at radius 2 is 2.00 bits per heavy atom. The van der Waals surface area contributed by atoms with Crippen LogP contribution >= 0.6 is 0 Å². The van der Waals surface area contributed by atoms with Gasteiger partial charge >= 0.3 is 0 Å². The van der Waals surface area contributed by atoms with Crippen molar-refractivity contribution in [3.63, 3.8) is 0 Å². The maximum absolute atomic E-state index is 6.07. The zero-order chi connectivity index (χ0) is 7.14. The highest BCUT2D eigenvalue weighted by Gasteiger charge is 2.44. The van der Waals surface area contributed by atoms with Gasteiger partial charge in [0.1, 0.15) is 0 Å². The van der Waals surface area contributed by atoms with Crippen molar-refractivity contribution in [2.24, 2.45) is 23.5 Å². The molecule has 0 aliphatic heterocycles. The molecule has 10 heavy (non-hydrogen) atoms. The van der Waals surface area contributed by atoms with Gasteiger partial charge in [0.05, 0.1) is 0 Å². The van der Waals surface area contributed by atoms with Gasteiger partial charge in [0.15, 0.2) is 0 Å². The summed E-state index contributed by atoms with van der Waals surface area (Å²) in [6.07, 6.45) is 5.64. The van der Waals surface area contributed by atoms with Crippen LogP contribution in [0.25, 0.3) is 0 Å². The molecule has 2 fully saturated rings. The molecule has 1 heteroatoms. The van der Waals surface area contributed by atoms with E-state index in [-0.39, 0.29) is 0 Å². The third-order valence-corrected chi connectivity index (χ3v) is 3.63. The summed E-state index contributed by atoms with van der Waals surface area (Å²) >= 11 is 0. The van der Waals surface area contributed by atoms with Gasteiger partial charge in [-0.3, -0.25) is 0 Å². The van der Waals surface area contributed by atoms with Gasteiger partial charge < -0.3 is 5.73 Å². The van der Waals surface area contributed by atoms with E-state index in [2.05, 4.69) is 6.92 Å². The number of hydrogen-bond donors (Lipinski definition) is 1.